The van der Waals surface area contributed by atoms with Gasteiger partial charge >= 0.3 is 0 Å². The number of aryl methyl sites for hydroxylation is 4. The second-order valence-electron chi connectivity index (χ2n) is 42.6. The molecule has 4 saturated carbocycles. The van der Waals surface area contributed by atoms with E-state index in [1.54, 1.807) is 115 Å². The molecule has 0 radical (unpaired) electrons. The predicted molar refractivity (Wildman–Crippen MR) is 548 cm³/mol. The van der Waals surface area contributed by atoms with Crippen molar-refractivity contribution in [2.45, 2.75) is 327 Å². The average molecular weight is 2100 g/mol. The van der Waals surface area contributed by atoms with Crippen molar-refractivity contribution in [1.29, 1.82) is 0 Å². The summed E-state index contributed by atoms with van der Waals surface area (Å²) >= 11 is 4.38. The monoisotopic (exact) mass is 2090 g/mol. The van der Waals surface area contributed by atoms with Crippen molar-refractivity contribution in [2.75, 3.05) is 93.3 Å². The van der Waals surface area contributed by atoms with Crippen LogP contribution in [0.3, 0.4) is 0 Å². The standard InChI is InChI=1S/C27H37F2N5O3S.C25H32F3N5O3S.C25H33F2N5O3S.C25H35N5O3S/c1-16-13-20(32-19-7-5-6-10-27(19,4)29)30-14-18(16)22-21(25(36)34-11-8-17(28)9-12-34)33-24(38-22)23(35)31-15-26(2,3)37;1-14-10-18(31-16-4-7-25(27,28)11-16)29-12-17(14)20-19(23(35)33-8-5-15(26)6-9-33)32-22(37-20)21(34)30-13-24(2,3)36;1-14-9-18(30-16-10-25(4,27)11-16)28-12-17(14)20-19(23(34)32-7-5-15(26)6-8-32)31-22(36-20)21(33)29-13-24(2,3)35;1-15-12-19(28-17-8-6-5-7-9-17)26-13-18(15)21-20(24(32)30-11-10-16(30)2)29-23(34-21)22(31)27-14-25(3,4)33/h13-14,17,19,37H,5-12,15H2,1-4H3,(H,30,32)(H,31,35);10,12,15-16,36H,4-9,11,13H2,1-3H3,(H,29,31)(H,30,34);9,12,15-16,35H,5-8,10-11,13H2,1-4H3,(H,28,30)(H,29,33);12-13,16-17,33H,5-11,14H2,1-4H3,(H,26,28)(H,27,31)/t;;;16-/m...0/s1. The van der Waals surface area contributed by atoms with E-state index >= 15 is 4.39 Å². The maximum Gasteiger partial charge on any atom is 0.280 e. The Hall–Kier alpha value is -10.6. The number of carbonyl (C=O) groups is 8. The Morgan fingerprint density at radius 3 is 0.959 bits per heavy atom. The minimum absolute atomic E-state index is 0.00476. The third-order valence-corrected chi connectivity index (χ3v) is 31.2. The molecule has 8 aromatic heterocycles. The Morgan fingerprint density at radius 2 is 0.683 bits per heavy atom. The number of nitrogens with one attached hydrogen (secondary N) is 8. The van der Waals surface area contributed by atoms with Crippen LogP contribution in [0.25, 0.3) is 41.8 Å². The molecule has 145 heavy (non-hydrogen) atoms. The van der Waals surface area contributed by atoms with Gasteiger partial charge in [-0.1, -0.05) is 32.1 Å². The van der Waals surface area contributed by atoms with Crippen molar-refractivity contribution in [1.82, 2.24) is 80.7 Å². The fourth-order valence-corrected chi connectivity index (χ4v) is 22.4. The number of aliphatic hydroxyl groups is 4. The number of hydrogen-bond acceptors (Lipinski definition) is 28. The summed E-state index contributed by atoms with van der Waals surface area (Å²) < 4.78 is 97.0. The first-order valence-electron chi connectivity index (χ1n) is 49.9. The zero-order valence-electron chi connectivity index (χ0n) is 85.1. The number of amides is 8. The van der Waals surface area contributed by atoms with E-state index in [2.05, 4.69) is 82.4 Å². The molecule has 4 atom stereocenters. The second-order valence-corrected chi connectivity index (χ2v) is 46.6. The van der Waals surface area contributed by atoms with Crippen LogP contribution in [0.15, 0.2) is 49.1 Å². The number of alkyl halides is 7. The zero-order chi connectivity index (χ0) is 105. The van der Waals surface area contributed by atoms with Crippen molar-refractivity contribution < 1.29 is 89.5 Å². The first kappa shape index (κ1) is 112. The molecule has 12 heterocycles. The zero-order valence-corrected chi connectivity index (χ0v) is 88.3. The normalized spacial score (nSPS) is 21.2. The summed E-state index contributed by atoms with van der Waals surface area (Å²) in [7, 11) is 0. The van der Waals surface area contributed by atoms with Crippen LogP contribution in [-0.4, -0.2) is 288 Å². The van der Waals surface area contributed by atoms with Gasteiger partial charge in [0.25, 0.3) is 47.3 Å². The second kappa shape index (κ2) is 46.9. The van der Waals surface area contributed by atoms with E-state index in [0.29, 0.717) is 97.6 Å². The number of likely N-dealkylation sites (tertiary alicyclic amines) is 4. The van der Waals surface area contributed by atoms with Gasteiger partial charge in [0.05, 0.1) is 48.0 Å². The van der Waals surface area contributed by atoms with E-state index in [-0.39, 0.29) is 196 Å². The quantitative estimate of drug-likeness (QED) is 0.0203. The lowest BCUT2D eigenvalue weighted by atomic mass is 9.79. The molecule has 0 spiro atoms. The predicted octanol–water partition coefficient (Wildman–Crippen LogP) is 16.7. The summed E-state index contributed by atoms with van der Waals surface area (Å²) in [5.41, 5.74) is -0.202. The van der Waals surface area contributed by atoms with E-state index in [0.717, 1.165) is 106 Å². The highest BCUT2D eigenvalue weighted by molar-refractivity contribution is 7.18. The third-order valence-electron chi connectivity index (χ3n) is 26.8. The summed E-state index contributed by atoms with van der Waals surface area (Å²) in [4.78, 5) is 149. The number of aromatic nitrogens is 8. The van der Waals surface area contributed by atoms with Gasteiger partial charge in [-0.05, 0) is 227 Å². The molecule has 4 saturated heterocycles. The first-order chi connectivity index (χ1) is 68.1. The van der Waals surface area contributed by atoms with Gasteiger partial charge in [-0.25, -0.2) is 70.6 Å². The van der Waals surface area contributed by atoms with Crippen LogP contribution in [-0.2, 0) is 0 Å². The lowest BCUT2D eigenvalue weighted by Gasteiger charge is -2.39. The number of thiazole rings is 4. The van der Waals surface area contributed by atoms with Gasteiger partial charge in [-0.3, -0.25) is 38.4 Å². The Balaban J connectivity index is 0.000000162. The van der Waals surface area contributed by atoms with E-state index in [1.807, 2.05) is 52.8 Å². The molecule has 8 fully saturated rings. The maximum absolute atomic E-state index is 15.0. The number of rotatable bonds is 28. The van der Waals surface area contributed by atoms with Gasteiger partial charge in [0.1, 0.15) is 75.9 Å². The Labute approximate surface area is 857 Å². The van der Waals surface area contributed by atoms with Gasteiger partial charge in [0, 0.05) is 169 Å². The van der Waals surface area contributed by atoms with Crippen molar-refractivity contribution in [3.8, 4) is 41.8 Å². The highest BCUT2D eigenvalue weighted by Crippen LogP contribution is 2.45. The Bertz CT molecular complexity index is 5930. The molecular weight excluding hydrogens is 1960 g/mol. The molecule has 8 aromatic rings. The molecule has 0 aromatic carbocycles. The summed E-state index contributed by atoms with van der Waals surface area (Å²) in [5, 5.41) is 64.0. The minimum Gasteiger partial charge on any atom is -0.389 e. The van der Waals surface area contributed by atoms with Gasteiger partial charge in [-0.2, -0.15) is 0 Å². The number of nitrogens with zero attached hydrogens (tertiary/aromatic N) is 12. The molecule has 8 amide bonds. The van der Waals surface area contributed by atoms with Crippen LogP contribution in [0, 0.1) is 27.7 Å². The van der Waals surface area contributed by atoms with Crippen molar-refractivity contribution in [3.05, 3.63) is 114 Å². The molecule has 32 nitrogen and oxygen atoms in total. The third kappa shape index (κ3) is 30.4. The SMILES string of the molecule is Cc1cc(NC2CC(C)(F)C2)ncc1-c1sc(C(=O)NCC(C)(C)O)nc1C(=O)N1CCC(F)CC1.Cc1cc(NC2CCC(F)(F)C2)ncc1-c1sc(C(=O)NCC(C)(C)O)nc1C(=O)N1CCC(F)CC1.Cc1cc(NC2CCCCC2(C)F)ncc1-c1sc(C(=O)NCC(C)(C)O)nc1C(=O)N1CCC(F)CC1.Cc1cc(NC2CCCCC2)ncc1-c1sc(C(=O)NCC(C)(C)O)nc1C(=O)N1CC[C@@H]1C. The molecular formula is C102H137F7N20O12S4. The lowest BCUT2D eigenvalue weighted by molar-refractivity contribution is 0.00842. The minimum atomic E-state index is -2.68. The van der Waals surface area contributed by atoms with Crippen molar-refractivity contribution in [3.63, 3.8) is 0 Å². The summed E-state index contributed by atoms with van der Waals surface area (Å²) in [5.74, 6) is -3.40. The van der Waals surface area contributed by atoms with Crippen LogP contribution in [0.5, 0.6) is 0 Å². The molecule has 8 aliphatic rings. The largest absolute Gasteiger partial charge is 0.389 e. The van der Waals surface area contributed by atoms with E-state index in [4.69, 9.17) is 0 Å². The summed E-state index contributed by atoms with van der Waals surface area (Å²) in [6.45, 7) is 27.9. The molecule has 3 unspecified atom stereocenters. The fourth-order valence-electron chi connectivity index (χ4n) is 18.2. The first-order valence-corrected chi connectivity index (χ1v) is 53.2. The molecule has 16 rings (SSSR count). The number of halogens is 7. The Kier molecular flexibility index (Phi) is 36.1. The van der Waals surface area contributed by atoms with Crippen molar-refractivity contribution >= 4 is 116 Å². The highest BCUT2D eigenvalue weighted by Gasteiger charge is 2.44. The van der Waals surface area contributed by atoms with Crippen LogP contribution in [0.2, 0.25) is 0 Å². The van der Waals surface area contributed by atoms with E-state index in [1.165, 1.54) is 35.5 Å². The number of hydrogen-bond donors (Lipinski definition) is 12. The summed E-state index contributed by atoms with van der Waals surface area (Å²) in [6, 6.07) is 7.30. The lowest BCUT2D eigenvalue weighted by Crippen LogP contribution is -2.49. The van der Waals surface area contributed by atoms with Crippen LogP contribution in [0.4, 0.5) is 54.0 Å². The van der Waals surface area contributed by atoms with E-state index in [9.17, 15) is 85.1 Å². The van der Waals surface area contributed by atoms with Crippen molar-refractivity contribution in [2.24, 2.45) is 0 Å². The molecule has 43 heteroatoms. The number of carbonyl (C=O) groups excluding carboxylic acids is 8. The van der Waals surface area contributed by atoms with Crippen LogP contribution in [0.1, 0.15) is 314 Å². The van der Waals surface area contributed by atoms with Gasteiger partial charge in [0.2, 0.25) is 5.92 Å². The molecule has 4 aliphatic carbocycles. The molecule has 4 aliphatic heterocycles. The maximum atomic E-state index is 15.0. The molecule has 0 bridgehead atoms. The average Bonchev–Trinajstić information content (AvgIpc) is 1.66. The van der Waals surface area contributed by atoms with Crippen LogP contribution < -0.4 is 42.5 Å². The molecule has 790 valence electrons. The number of piperidine rings is 3. The smallest absolute Gasteiger partial charge is 0.280 e. The summed E-state index contributed by atoms with van der Waals surface area (Å²) in [6.07, 6.45) is 16.2. The van der Waals surface area contributed by atoms with Gasteiger partial charge < -0.3 is 82.6 Å². The number of pyridine rings is 4. The fraction of sp³-hybridized carbons (Fsp3) is 0.608. The van der Waals surface area contributed by atoms with E-state index < -0.39 is 87.7 Å². The van der Waals surface area contributed by atoms with Gasteiger partial charge in [0.15, 0.2) is 20.0 Å². The highest BCUT2D eigenvalue weighted by atomic mass is 32.1. The molecule has 12 N–H and O–H groups in total. The topological polar surface area (TPSA) is 430 Å². The Morgan fingerprint density at radius 1 is 0.379 bits per heavy atom. The van der Waals surface area contributed by atoms with Crippen LogP contribution >= 0.6 is 45.3 Å². The van der Waals surface area contributed by atoms with Gasteiger partial charge in [-0.15, -0.1) is 45.3 Å². The number of anilines is 4.